The van der Waals surface area contributed by atoms with Crippen molar-refractivity contribution in [3.8, 4) is 11.1 Å². The number of carboxylic acid groups (broad SMARTS) is 2. The molecular formula is C21H24FN3O4. The van der Waals surface area contributed by atoms with Crippen molar-refractivity contribution < 1.29 is 24.2 Å². The molecule has 0 atom stereocenters. The molecule has 1 saturated heterocycles. The molecule has 7 nitrogen and oxygen atoms in total. The number of aryl methyl sites for hydroxylation is 1. The van der Waals surface area contributed by atoms with Gasteiger partial charge in [-0.15, -0.1) is 0 Å². The monoisotopic (exact) mass is 401 g/mol. The number of nitrogens with zero attached hydrogens (tertiary/aromatic N) is 3. The van der Waals surface area contributed by atoms with Crippen LogP contribution < -0.4 is 4.90 Å². The number of benzene rings is 1. The van der Waals surface area contributed by atoms with Crippen molar-refractivity contribution in [3.05, 3.63) is 60.1 Å². The quantitative estimate of drug-likeness (QED) is 0.761. The highest BCUT2D eigenvalue weighted by Crippen LogP contribution is 2.25. The Morgan fingerprint density at radius 1 is 0.966 bits per heavy atom. The lowest BCUT2D eigenvalue weighted by atomic mass is 10.1. The second-order valence-corrected chi connectivity index (χ2v) is 6.66. The molecule has 0 aliphatic carbocycles. The molecule has 1 fully saturated rings. The molecule has 0 bridgehead atoms. The fourth-order valence-electron chi connectivity index (χ4n) is 2.80. The molecule has 0 spiro atoms. The van der Waals surface area contributed by atoms with E-state index in [2.05, 4.69) is 27.9 Å². The number of aliphatic carboxylic acids is 2. The van der Waals surface area contributed by atoms with E-state index in [1.54, 1.807) is 0 Å². The van der Waals surface area contributed by atoms with Gasteiger partial charge in [0.1, 0.15) is 11.6 Å². The summed E-state index contributed by atoms with van der Waals surface area (Å²) in [5.74, 6) is -1.70. The van der Waals surface area contributed by atoms with E-state index in [0.717, 1.165) is 48.8 Å². The van der Waals surface area contributed by atoms with Crippen molar-refractivity contribution in [2.45, 2.75) is 6.92 Å². The lowest BCUT2D eigenvalue weighted by Gasteiger charge is -2.33. The minimum absolute atomic E-state index is 0.205. The van der Waals surface area contributed by atoms with E-state index in [9.17, 15) is 14.0 Å². The third-order valence-electron chi connectivity index (χ3n) is 4.31. The number of hydrogen-bond acceptors (Lipinski definition) is 5. The van der Waals surface area contributed by atoms with Gasteiger partial charge in [-0.1, -0.05) is 12.1 Å². The maximum absolute atomic E-state index is 13.1. The zero-order valence-electron chi connectivity index (χ0n) is 16.4. The van der Waals surface area contributed by atoms with Crippen molar-refractivity contribution in [1.29, 1.82) is 0 Å². The van der Waals surface area contributed by atoms with E-state index >= 15 is 0 Å². The standard InChI is InChI=1S/C17H20FN3.C4H4O4/c1-13-11-15(14-3-5-16(18)6-4-14)12-17(19-13)21-9-7-20(2)8-10-21;5-3(6)1-2-4(7)8/h3-6,11-12H,7-10H2,1-2H3;1-2H,(H,5,6)(H,7,8)/b;2-1+. The van der Waals surface area contributed by atoms with Crippen LogP contribution in [0.25, 0.3) is 11.1 Å². The van der Waals surface area contributed by atoms with Gasteiger partial charge in [-0.3, -0.25) is 0 Å². The summed E-state index contributed by atoms with van der Waals surface area (Å²) in [7, 11) is 2.14. The highest BCUT2D eigenvalue weighted by molar-refractivity contribution is 5.89. The fourth-order valence-corrected chi connectivity index (χ4v) is 2.80. The van der Waals surface area contributed by atoms with Crippen LogP contribution in [0, 0.1) is 12.7 Å². The number of rotatable bonds is 4. The summed E-state index contributed by atoms with van der Waals surface area (Å²) in [6, 6.07) is 10.8. The van der Waals surface area contributed by atoms with Crippen LogP contribution in [0.5, 0.6) is 0 Å². The molecule has 3 rings (SSSR count). The van der Waals surface area contributed by atoms with Gasteiger partial charge in [-0.25, -0.2) is 19.0 Å². The van der Waals surface area contributed by atoms with E-state index in [0.29, 0.717) is 12.2 Å². The van der Waals surface area contributed by atoms with Gasteiger partial charge < -0.3 is 20.0 Å². The zero-order valence-corrected chi connectivity index (χ0v) is 16.4. The summed E-state index contributed by atoms with van der Waals surface area (Å²) in [5, 5.41) is 15.6. The van der Waals surface area contributed by atoms with E-state index in [-0.39, 0.29) is 5.82 Å². The number of pyridine rings is 1. The summed E-state index contributed by atoms with van der Waals surface area (Å²) < 4.78 is 13.1. The molecule has 2 heterocycles. The fraction of sp³-hybridized carbons (Fsp3) is 0.286. The van der Waals surface area contributed by atoms with Crippen molar-refractivity contribution in [2.24, 2.45) is 0 Å². The minimum Gasteiger partial charge on any atom is -0.478 e. The average Bonchev–Trinajstić information content (AvgIpc) is 2.67. The predicted molar refractivity (Wildman–Crippen MR) is 108 cm³/mol. The first-order valence-electron chi connectivity index (χ1n) is 9.06. The maximum atomic E-state index is 13.1. The van der Waals surface area contributed by atoms with Gasteiger partial charge in [-0.05, 0) is 49.4 Å². The first-order chi connectivity index (χ1) is 13.7. The van der Waals surface area contributed by atoms with E-state index in [1.165, 1.54) is 12.1 Å². The predicted octanol–water partition coefficient (Wildman–Crippen LogP) is 2.66. The third kappa shape index (κ3) is 7.34. The van der Waals surface area contributed by atoms with Gasteiger partial charge in [0.15, 0.2) is 0 Å². The Balaban J connectivity index is 0.000000321. The highest BCUT2D eigenvalue weighted by Gasteiger charge is 2.16. The molecule has 1 aliphatic heterocycles. The van der Waals surface area contributed by atoms with Gasteiger partial charge in [0.25, 0.3) is 0 Å². The number of hydrogen-bond donors (Lipinski definition) is 2. The second-order valence-electron chi connectivity index (χ2n) is 6.66. The van der Waals surface area contributed by atoms with E-state index in [4.69, 9.17) is 10.2 Å². The Labute approximate surface area is 168 Å². The Hall–Kier alpha value is -3.26. The van der Waals surface area contributed by atoms with Gasteiger partial charge >= 0.3 is 11.9 Å². The second kappa shape index (κ2) is 10.3. The van der Waals surface area contributed by atoms with Crippen LogP contribution in [0.15, 0.2) is 48.6 Å². The molecule has 0 amide bonds. The molecule has 154 valence electrons. The Bertz CT molecular complexity index is 860. The Morgan fingerprint density at radius 2 is 1.52 bits per heavy atom. The molecule has 1 aliphatic rings. The largest absolute Gasteiger partial charge is 0.478 e. The number of likely N-dealkylation sites (N-methyl/N-ethyl adjacent to an activating group) is 1. The van der Waals surface area contributed by atoms with Crippen molar-refractivity contribution in [2.75, 3.05) is 38.1 Å². The lowest BCUT2D eigenvalue weighted by Crippen LogP contribution is -2.44. The summed E-state index contributed by atoms with van der Waals surface area (Å²) >= 11 is 0. The summed E-state index contributed by atoms with van der Waals surface area (Å²) in [4.78, 5) is 28.4. The van der Waals surface area contributed by atoms with Crippen LogP contribution in [0.2, 0.25) is 0 Å². The molecule has 2 N–H and O–H groups in total. The van der Waals surface area contributed by atoms with Gasteiger partial charge in [0.2, 0.25) is 0 Å². The van der Waals surface area contributed by atoms with Crippen LogP contribution in [-0.2, 0) is 9.59 Å². The maximum Gasteiger partial charge on any atom is 0.328 e. The van der Waals surface area contributed by atoms with Gasteiger partial charge in [0.05, 0.1) is 0 Å². The molecule has 2 aromatic rings. The van der Waals surface area contributed by atoms with Crippen LogP contribution in [-0.4, -0.2) is 65.3 Å². The van der Waals surface area contributed by atoms with Crippen molar-refractivity contribution in [3.63, 3.8) is 0 Å². The van der Waals surface area contributed by atoms with Crippen molar-refractivity contribution in [1.82, 2.24) is 9.88 Å². The average molecular weight is 401 g/mol. The molecule has 29 heavy (non-hydrogen) atoms. The summed E-state index contributed by atoms with van der Waals surface area (Å²) in [6.07, 6.45) is 1.12. The van der Waals surface area contributed by atoms with Crippen LogP contribution in [0.3, 0.4) is 0 Å². The smallest absolute Gasteiger partial charge is 0.328 e. The van der Waals surface area contributed by atoms with Crippen molar-refractivity contribution >= 4 is 17.8 Å². The molecule has 0 radical (unpaired) electrons. The molecule has 0 unspecified atom stereocenters. The minimum atomic E-state index is -1.26. The highest BCUT2D eigenvalue weighted by atomic mass is 19.1. The molecule has 1 aromatic carbocycles. The number of carboxylic acids is 2. The first-order valence-corrected chi connectivity index (χ1v) is 9.06. The zero-order chi connectivity index (χ0) is 21.4. The van der Waals surface area contributed by atoms with Gasteiger partial charge in [-0.2, -0.15) is 0 Å². The molecular weight excluding hydrogens is 377 g/mol. The summed E-state index contributed by atoms with van der Waals surface area (Å²) in [5.41, 5.74) is 3.11. The summed E-state index contributed by atoms with van der Waals surface area (Å²) in [6.45, 7) is 6.11. The molecule has 0 saturated carbocycles. The normalized spacial score (nSPS) is 14.4. The number of anilines is 1. The number of halogens is 1. The molecule has 8 heteroatoms. The molecule has 1 aromatic heterocycles. The Kier molecular flexibility index (Phi) is 7.85. The van der Waals surface area contributed by atoms with E-state index < -0.39 is 11.9 Å². The van der Waals surface area contributed by atoms with Gasteiger partial charge in [0, 0.05) is 44.0 Å². The lowest BCUT2D eigenvalue weighted by molar-refractivity contribution is -0.134. The topological polar surface area (TPSA) is 94.0 Å². The third-order valence-corrected chi connectivity index (χ3v) is 4.31. The van der Waals surface area contributed by atoms with Crippen LogP contribution in [0.1, 0.15) is 5.69 Å². The van der Waals surface area contributed by atoms with Crippen LogP contribution >= 0.6 is 0 Å². The Morgan fingerprint density at radius 3 is 2.03 bits per heavy atom. The van der Waals surface area contributed by atoms with E-state index in [1.807, 2.05) is 25.1 Å². The number of carbonyl (C=O) groups is 2. The number of piperazine rings is 1. The van der Waals surface area contributed by atoms with Crippen LogP contribution in [0.4, 0.5) is 10.2 Å². The SMILES string of the molecule is Cc1cc(-c2ccc(F)cc2)cc(N2CCN(C)CC2)n1.O=C(O)/C=C/C(=O)O. The number of aromatic nitrogens is 1. The first kappa shape index (κ1) is 22.0.